The topological polar surface area (TPSA) is 47.1 Å². The maximum absolute atomic E-state index is 6.03. The van der Waals surface area contributed by atoms with Crippen molar-refractivity contribution in [2.45, 2.75) is 39.3 Å². The summed E-state index contributed by atoms with van der Waals surface area (Å²) >= 11 is 3.64. The second kappa shape index (κ2) is 7.07. The van der Waals surface area contributed by atoms with Gasteiger partial charge < -0.3 is 5.73 Å². The maximum atomic E-state index is 6.03. The molecule has 4 nitrogen and oxygen atoms in total. The number of hydrogen-bond donors (Lipinski definition) is 1. The van der Waals surface area contributed by atoms with Gasteiger partial charge in [-0.15, -0.1) is 12.4 Å². The lowest BCUT2D eigenvalue weighted by atomic mass is 9.92. The molecule has 0 radical (unpaired) electrons. The molecule has 1 saturated heterocycles. The number of nitrogens with zero attached hydrogens (tertiary/aromatic N) is 3. The van der Waals surface area contributed by atoms with E-state index in [0.717, 1.165) is 23.3 Å². The van der Waals surface area contributed by atoms with E-state index in [1.165, 1.54) is 25.1 Å². The molecule has 0 amide bonds. The van der Waals surface area contributed by atoms with Crippen LogP contribution in [0.3, 0.4) is 0 Å². The Morgan fingerprint density at radius 2 is 2.21 bits per heavy atom. The molecule has 1 aromatic rings. The number of piperidine rings is 1. The summed E-state index contributed by atoms with van der Waals surface area (Å²) in [5, 5.41) is 4.45. The predicted molar refractivity (Wildman–Crippen MR) is 84.5 cm³/mol. The van der Waals surface area contributed by atoms with Gasteiger partial charge in [-0.1, -0.05) is 0 Å². The van der Waals surface area contributed by atoms with Crippen LogP contribution in [-0.2, 0) is 13.6 Å². The Kier molecular flexibility index (Phi) is 6.30. The van der Waals surface area contributed by atoms with Gasteiger partial charge >= 0.3 is 0 Å². The normalized spacial score (nSPS) is 22.1. The monoisotopic (exact) mass is 350 g/mol. The molecule has 2 heterocycles. The van der Waals surface area contributed by atoms with E-state index in [1.54, 1.807) is 0 Å². The Labute approximate surface area is 130 Å². The molecule has 2 N–H and O–H groups in total. The van der Waals surface area contributed by atoms with Crippen LogP contribution in [0, 0.1) is 12.8 Å². The van der Waals surface area contributed by atoms with Crippen molar-refractivity contribution in [1.29, 1.82) is 0 Å². The van der Waals surface area contributed by atoms with E-state index in [9.17, 15) is 0 Å². The van der Waals surface area contributed by atoms with Gasteiger partial charge in [-0.05, 0) is 55.1 Å². The second-order valence-electron chi connectivity index (χ2n) is 5.47. The molecule has 2 rings (SSSR count). The van der Waals surface area contributed by atoms with Gasteiger partial charge in [0, 0.05) is 26.2 Å². The van der Waals surface area contributed by atoms with Gasteiger partial charge in [0.2, 0.25) is 0 Å². The number of halogens is 2. The second-order valence-corrected chi connectivity index (χ2v) is 6.26. The van der Waals surface area contributed by atoms with Crippen LogP contribution in [-0.4, -0.2) is 33.8 Å². The third-order valence-corrected chi connectivity index (χ3v) is 4.95. The first-order valence-electron chi connectivity index (χ1n) is 6.65. The van der Waals surface area contributed by atoms with Crippen LogP contribution in [0.15, 0.2) is 4.47 Å². The van der Waals surface area contributed by atoms with E-state index in [2.05, 4.69) is 32.9 Å². The quantitative estimate of drug-likeness (QED) is 0.910. The van der Waals surface area contributed by atoms with Crippen molar-refractivity contribution in [2.75, 3.05) is 13.1 Å². The standard InChI is InChI=1S/C13H23BrN4.ClH/c1-9(15)11-5-4-6-18(7-11)8-12-13(14)10(2)16-17(12)3;/h9,11H,4-8,15H2,1-3H3;1H. The first kappa shape index (κ1) is 17.0. The van der Waals surface area contributed by atoms with E-state index in [-0.39, 0.29) is 12.4 Å². The molecule has 1 fully saturated rings. The molecule has 1 aromatic heterocycles. The minimum absolute atomic E-state index is 0. The highest BCUT2D eigenvalue weighted by Gasteiger charge is 2.24. The average Bonchev–Trinajstić information content (AvgIpc) is 2.56. The van der Waals surface area contributed by atoms with Crippen molar-refractivity contribution in [1.82, 2.24) is 14.7 Å². The molecule has 0 bridgehead atoms. The minimum Gasteiger partial charge on any atom is -0.328 e. The van der Waals surface area contributed by atoms with Crippen molar-refractivity contribution in [3.8, 4) is 0 Å². The number of rotatable bonds is 3. The maximum Gasteiger partial charge on any atom is 0.0739 e. The highest BCUT2D eigenvalue weighted by atomic mass is 79.9. The van der Waals surface area contributed by atoms with Gasteiger partial charge in [-0.25, -0.2) is 0 Å². The van der Waals surface area contributed by atoms with Crippen molar-refractivity contribution in [3.63, 3.8) is 0 Å². The zero-order valence-electron chi connectivity index (χ0n) is 11.9. The molecule has 0 aliphatic carbocycles. The lowest BCUT2D eigenvalue weighted by Crippen LogP contribution is -2.42. The van der Waals surface area contributed by atoms with E-state index >= 15 is 0 Å². The fourth-order valence-electron chi connectivity index (χ4n) is 2.73. The highest BCUT2D eigenvalue weighted by molar-refractivity contribution is 9.10. The summed E-state index contributed by atoms with van der Waals surface area (Å²) in [6, 6.07) is 0.296. The smallest absolute Gasteiger partial charge is 0.0739 e. The molecule has 0 spiro atoms. The predicted octanol–water partition coefficient (Wildman–Crippen LogP) is 2.47. The van der Waals surface area contributed by atoms with Gasteiger partial charge in [0.15, 0.2) is 0 Å². The Morgan fingerprint density at radius 3 is 2.74 bits per heavy atom. The highest BCUT2D eigenvalue weighted by Crippen LogP contribution is 2.25. The van der Waals surface area contributed by atoms with Crippen molar-refractivity contribution < 1.29 is 0 Å². The molecule has 0 aromatic carbocycles. The van der Waals surface area contributed by atoms with Gasteiger partial charge in [0.05, 0.1) is 15.9 Å². The fraction of sp³-hybridized carbons (Fsp3) is 0.769. The molecule has 0 saturated carbocycles. The Hall–Kier alpha value is -0.100. The zero-order valence-corrected chi connectivity index (χ0v) is 14.3. The van der Waals surface area contributed by atoms with Crippen LogP contribution in [0.25, 0.3) is 0 Å². The minimum atomic E-state index is 0. The number of aryl methyl sites for hydroxylation is 2. The first-order chi connectivity index (χ1) is 8.49. The summed E-state index contributed by atoms with van der Waals surface area (Å²) in [6.45, 7) is 7.39. The van der Waals surface area contributed by atoms with Gasteiger partial charge in [-0.2, -0.15) is 5.10 Å². The third-order valence-electron chi connectivity index (χ3n) is 3.92. The number of likely N-dealkylation sites (tertiary alicyclic amines) is 1. The van der Waals surface area contributed by atoms with E-state index in [4.69, 9.17) is 5.73 Å². The zero-order chi connectivity index (χ0) is 13.3. The molecular formula is C13H24BrClN4. The summed E-state index contributed by atoms with van der Waals surface area (Å²) in [7, 11) is 2.01. The lowest BCUT2D eigenvalue weighted by molar-refractivity contribution is 0.151. The summed E-state index contributed by atoms with van der Waals surface area (Å²) in [5.74, 6) is 0.631. The molecule has 6 heteroatoms. The number of aromatic nitrogens is 2. The van der Waals surface area contributed by atoms with Crippen molar-refractivity contribution in [3.05, 3.63) is 15.9 Å². The van der Waals surface area contributed by atoms with E-state index in [0.29, 0.717) is 12.0 Å². The molecule has 2 atom stereocenters. The number of hydrogen-bond acceptors (Lipinski definition) is 3. The van der Waals surface area contributed by atoms with Crippen LogP contribution >= 0.6 is 28.3 Å². The van der Waals surface area contributed by atoms with Crippen LogP contribution in [0.2, 0.25) is 0 Å². The van der Waals surface area contributed by atoms with Crippen LogP contribution < -0.4 is 5.73 Å². The van der Waals surface area contributed by atoms with Crippen LogP contribution in [0.4, 0.5) is 0 Å². The van der Waals surface area contributed by atoms with Crippen molar-refractivity contribution in [2.24, 2.45) is 18.7 Å². The Morgan fingerprint density at radius 1 is 1.53 bits per heavy atom. The largest absolute Gasteiger partial charge is 0.328 e. The van der Waals surface area contributed by atoms with E-state index < -0.39 is 0 Å². The van der Waals surface area contributed by atoms with Gasteiger partial charge in [0.1, 0.15) is 0 Å². The van der Waals surface area contributed by atoms with Crippen LogP contribution in [0.5, 0.6) is 0 Å². The Balaban J connectivity index is 0.00000180. The van der Waals surface area contributed by atoms with Crippen molar-refractivity contribution >= 4 is 28.3 Å². The van der Waals surface area contributed by atoms with Crippen LogP contribution in [0.1, 0.15) is 31.2 Å². The molecule has 19 heavy (non-hydrogen) atoms. The summed E-state index contributed by atoms with van der Waals surface area (Å²) in [6.07, 6.45) is 2.51. The van der Waals surface area contributed by atoms with E-state index in [1.807, 2.05) is 18.7 Å². The first-order valence-corrected chi connectivity index (χ1v) is 7.44. The summed E-state index contributed by atoms with van der Waals surface area (Å²) < 4.78 is 3.13. The molecule has 110 valence electrons. The summed E-state index contributed by atoms with van der Waals surface area (Å²) in [4.78, 5) is 2.50. The average molecular weight is 352 g/mol. The van der Waals surface area contributed by atoms with Gasteiger partial charge in [0.25, 0.3) is 0 Å². The summed E-state index contributed by atoms with van der Waals surface area (Å²) in [5.41, 5.74) is 8.36. The molecule has 2 unspecified atom stereocenters. The third kappa shape index (κ3) is 3.94. The molecular weight excluding hydrogens is 328 g/mol. The molecule has 1 aliphatic rings. The lowest BCUT2D eigenvalue weighted by Gasteiger charge is -2.34. The SMILES string of the molecule is Cc1nn(C)c(CN2CCCC(C(C)N)C2)c1Br.Cl. The van der Waals surface area contributed by atoms with Gasteiger partial charge in [-0.3, -0.25) is 9.58 Å². The number of nitrogens with two attached hydrogens (primary N) is 1. The Bertz CT molecular complexity index is 419. The fourth-order valence-corrected chi connectivity index (χ4v) is 3.19. The molecule has 1 aliphatic heterocycles.